The first kappa shape index (κ1) is 15.2. The maximum Gasteiger partial charge on any atom is 0.0812 e. The van der Waals surface area contributed by atoms with E-state index < -0.39 is 6.10 Å². The van der Waals surface area contributed by atoms with Crippen LogP contribution in [0.25, 0.3) is 0 Å². The Morgan fingerprint density at radius 1 is 1.11 bits per heavy atom. The SMILES string of the molecule is CCCOCCC(O)c1ccc(C(C)(C)C)cc1. The molecule has 0 fully saturated rings. The van der Waals surface area contributed by atoms with Crippen LogP contribution >= 0.6 is 0 Å². The topological polar surface area (TPSA) is 29.5 Å². The maximum absolute atomic E-state index is 10.0. The Balaban J connectivity index is 2.51. The summed E-state index contributed by atoms with van der Waals surface area (Å²) < 4.78 is 5.39. The molecule has 0 heterocycles. The molecule has 0 spiro atoms. The van der Waals surface area contributed by atoms with Gasteiger partial charge < -0.3 is 9.84 Å². The molecule has 0 aliphatic rings. The van der Waals surface area contributed by atoms with Crippen molar-refractivity contribution < 1.29 is 9.84 Å². The fourth-order valence-electron chi connectivity index (χ4n) is 1.81. The van der Waals surface area contributed by atoms with Gasteiger partial charge in [0, 0.05) is 19.6 Å². The van der Waals surface area contributed by atoms with E-state index >= 15 is 0 Å². The second kappa shape index (κ2) is 6.91. The van der Waals surface area contributed by atoms with Crippen LogP contribution in [0.15, 0.2) is 24.3 Å². The van der Waals surface area contributed by atoms with Crippen molar-refractivity contribution in [2.45, 2.75) is 52.1 Å². The molecule has 0 saturated heterocycles. The highest BCUT2D eigenvalue weighted by Gasteiger charge is 2.14. The van der Waals surface area contributed by atoms with Crippen LogP contribution in [0, 0.1) is 0 Å². The van der Waals surface area contributed by atoms with Gasteiger partial charge in [0.05, 0.1) is 6.10 Å². The Labute approximate surface area is 111 Å². The first-order chi connectivity index (χ1) is 8.45. The molecule has 0 bridgehead atoms. The average molecular weight is 250 g/mol. The molecule has 1 aromatic carbocycles. The van der Waals surface area contributed by atoms with Gasteiger partial charge in [-0.3, -0.25) is 0 Å². The fraction of sp³-hybridized carbons (Fsp3) is 0.625. The van der Waals surface area contributed by atoms with Crippen molar-refractivity contribution in [3.63, 3.8) is 0 Å². The van der Waals surface area contributed by atoms with E-state index in [4.69, 9.17) is 4.74 Å². The molecule has 1 rings (SSSR count). The molecule has 1 N–H and O–H groups in total. The molecule has 102 valence electrons. The zero-order valence-electron chi connectivity index (χ0n) is 12.1. The smallest absolute Gasteiger partial charge is 0.0812 e. The highest BCUT2D eigenvalue weighted by atomic mass is 16.5. The predicted octanol–water partition coefficient (Wildman–Crippen LogP) is 3.83. The van der Waals surface area contributed by atoms with E-state index in [0.717, 1.165) is 18.6 Å². The predicted molar refractivity (Wildman–Crippen MR) is 75.8 cm³/mol. The van der Waals surface area contributed by atoms with Crippen molar-refractivity contribution in [2.75, 3.05) is 13.2 Å². The van der Waals surface area contributed by atoms with Crippen LogP contribution in [0.4, 0.5) is 0 Å². The van der Waals surface area contributed by atoms with E-state index in [1.807, 2.05) is 12.1 Å². The van der Waals surface area contributed by atoms with Gasteiger partial charge in [-0.05, 0) is 23.0 Å². The van der Waals surface area contributed by atoms with Gasteiger partial charge in [0.2, 0.25) is 0 Å². The largest absolute Gasteiger partial charge is 0.388 e. The third kappa shape index (κ3) is 4.79. The quantitative estimate of drug-likeness (QED) is 0.777. The molecule has 0 aliphatic carbocycles. The Kier molecular flexibility index (Phi) is 5.83. The van der Waals surface area contributed by atoms with E-state index in [9.17, 15) is 5.11 Å². The number of rotatable bonds is 6. The highest BCUT2D eigenvalue weighted by molar-refractivity contribution is 5.28. The fourth-order valence-corrected chi connectivity index (χ4v) is 1.81. The Morgan fingerprint density at radius 2 is 1.72 bits per heavy atom. The van der Waals surface area contributed by atoms with Crippen molar-refractivity contribution in [1.29, 1.82) is 0 Å². The molecule has 0 aliphatic heterocycles. The molecule has 0 amide bonds. The lowest BCUT2D eigenvalue weighted by molar-refractivity contribution is 0.0822. The molecular weight excluding hydrogens is 224 g/mol. The summed E-state index contributed by atoms with van der Waals surface area (Å²) in [5.74, 6) is 0. The van der Waals surface area contributed by atoms with Gasteiger partial charge in [-0.25, -0.2) is 0 Å². The highest BCUT2D eigenvalue weighted by Crippen LogP contribution is 2.24. The summed E-state index contributed by atoms with van der Waals surface area (Å²) in [7, 11) is 0. The summed E-state index contributed by atoms with van der Waals surface area (Å²) >= 11 is 0. The number of hydrogen-bond acceptors (Lipinski definition) is 2. The number of benzene rings is 1. The number of ether oxygens (including phenoxy) is 1. The lowest BCUT2D eigenvalue weighted by Crippen LogP contribution is -2.11. The molecule has 1 atom stereocenters. The van der Waals surface area contributed by atoms with Crippen LogP contribution in [0.1, 0.15) is 57.8 Å². The van der Waals surface area contributed by atoms with Crippen molar-refractivity contribution in [1.82, 2.24) is 0 Å². The van der Waals surface area contributed by atoms with Gasteiger partial charge in [0.1, 0.15) is 0 Å². The van der Waals surface area contributed by atoms with E-state index in [1.165, 1.54) is 5.56 Å². The molecule has 1 unspecified atom stereocenters. The molecule has 0 saturated carbocycles. The maximum atomic E-state index is 10.0. The average Bonchev–Trinajstić information content (AvgIpc) is 2.33. The van der Waals surface area contributed by atoms with Crippen LogP contribution in [-0.4, -0.2) is 18.3 Å². The Morgan fingerprint density at radius 3 is 2.22 bits per heavy atom. The van der Waals surface area contributed by atoms with E-state index in [-0.39, 0.29) is 5.41 Å². The third-order valence-electron chi connectivity index (χ3n) is 3.05. The van der Waals surface area contributed by atoms with Crippen molar-refractivity contribution in [3.8, 4) is 0 Å². The van der Waals surface area contributed by atoms with Crippen molar-refractivity contribution in [2.24, 2.45) is 0 Å². The second-order valence-electron chi connectivity index (χ2n) is 5.79. The van der Waals surface area contributed by atoms with Crippen LogP contribution in [0.2, 0.25) is 0 Å². The third-order valence-corrected chi connectivity index (χ3v) is 3.05. The normalized spacial score (nSPS) is 13.6. The van der Waals surface area contributed by atoms with Crippen molar-refractivity contribution >= 4 is 0 Å². The minimum atomic E-state index is -0.420. The van der Waals surface area contributed by atoms with Crippen molar-refractivity contribution in [3.05, 3.63) is 35.4 Å². The Hall–Kier alpha value is -0.860. The summed E-state index contributed by atoms with van der Waals surface area (Å²) in [6.45, 7) is 10.1. The zero-order chi connectivity index (χ0) is 13.6. The minimum Gasteiger partial charge on any atom is -0.388 e. The number of aliphatic hydroxyl groups is 1. The summed E-state index contributed by atoms with van der Waals surface area (Å²) in [5, 5.41) is 10.0. The lowest BCUT2D eigenvalue weighted by atomic mass is 9.86. The standard InChI is InChI=1S/C16H26O2/c1-5-11-18-12-10-15(17)13-6-8-14(9-7-13)16(2,3)4/h6-9,15,17H,5,10-12H2,1-4H3. The van der Waals surface area contributed by atoms with Crippen LogP contribution < -0.4 is 0 Å². The number of aliphatic hydroxyl groups excluding tert-OH is 1. The van der Waals surface area contributed by atoms with Gasteiger partial charge in [0.15, 0.2) is 0 Å². The first-order valence-corrected chi connectivity index (χ1v) is 6.81. The first-order valence-electron chi connectivity index (χ1n) is 6.81. The van der Waals surface area contributed by atoms with Crippen LogP contribution in [-0.2, 0) is 10.2 Å². The van der Waals surface area contributed by atoms with Gasteiger partial charge in [-0.15, -0.1) is 0 Å². The summed E-state index contributed by atoms with van der Waals surface area (Å²) in [4.78, 5) is 0. The molecule has 18 heavy (non-hydrogen) atoms. The van der Waals surface area contributed by atoms with Gasteiger partial charge in [-0.2, -0.15) is 0 Å². The van der Waals surface area contributed by atoms with E-state index in [1.54, 1.807) is 0 Å². The minimum absolute atomic E-state index is 0.160. The molecule has 1 aromatic rings. The monoisotopic (exact) mass is 250 g/mol. The molecule has 0 aromatic heterocycles. The molecule has 2 heteroatoms. The lowest BCUT2D eigenvalue weighted by Gasteiger charge is -2.20. The number of hydrogen-bond donors (Lipinski definition) is 1. The summed E-state index contributed by atoms with van der Waals surface area (Å²) in [6.07, 6.45) is 1.27. The zero-order valence-corrected chi connectivity index (χ0v) is 12.1. The van der Waals surface area contributed by atoms with Gasteiger partial charge in [-0.1, -0.05) is 52.0 Å². The molecule has 0 radical (unpaired) electrons. The van der Waals surface area contributed by atoms with Crippen LogP contribution in [0.3, 0.4) is 0 Å². The Bertz CT molecular complexity index is 335. The molecular formula is C16H26O2. The van der Waals surface area contributed by atoms with Gasteiger partial charge in [0.25, 0.3) is 0 Å². The van der Waals surface area contributed by atoms with E-state index in [2.05, 4.69) is 39.8 Å². The summed E-state index contributed by atoms with van der Waals surface area (Å²) in [5.41, 5.74) is 2.43. The van der Waals surface area contributed by atoms with Crippen LogP contribution in [0.5, 0.6) is 0 Å². The molecule has 2 nitrogen and oxygen atoms in total. The van der Waals surface area contributed by atoms with E-state index in [0.29, 0.717) is 13.0 Å². The van der Waals surface area contributed by atoms with Gasteiger partial charge >= 0.3 is 0 Å². The summed E-state index contributed by atoms with van der Waals surface area (Å²) in [6, 6.07) is 8.24. The second-order valence-corrected chi connectivity index (χ2v) is 5.79.